The molecule has 0 heterocycles. The molecule has 0 bridgehead atoms. The van der Waals surface area contributed by atoms with Gasteiger partial charge < -0.3 is 9.80 Å². The van der Waals surface area contributed by atoms with Gasteiger partial charge in [0.05, 0.1) is 23.3 Å². The maximum Gasteiger partial charge on any atom is 0.0998 e. The Kier molecular flexibility index (Phi) is 8.38. The van der Waals surface area contributed by atoms with Gasteiger partial charge in [-0.25, -0.2) is 0 Å². The largest absolute Gasteiger partial charge is 0.310 e. The van der Waals surface area contributed by atoms with Crippen LogP contribution in [0.4, 0.5) is 34.1 Å². The number of nitriles is 2. The van der Waals surface area contributed by atoms with E-state index in [4.69, 9.17) is 0 Å². The van der Waals surface area contributed by atoms with E-state index in [1.54, 1.807) is 0 Å². The lowest BCUT2D eigenvalue weighted by Gasteiger charge is -2.27. The van der Waals surface area contributed by atoms with Crippen LogP contribution in [0, 0.1) is 50.4 Å². The summed E-state index contributed by atoms with van der Waals surface area (Å²) in [6.07, 6.45) is 0. The Bertz CT molecular complexity index is 1900. The van der Waals surface area contributed by atoms with Crippen molar-refractivity contribution in [3.05, 3.63) is 167 Å². The van der Waals surface area contributed by atoms with Gasteiger partial charge in [-0.15, -0.1) is 0 Å². The number of benzene rings is 6. The Morgan fingerprint density at radius 1 is 0.370 bits per heavy atom. The van der Waals surface area contributed by atoms with Gasteiger partial charge in [0.25, 0.3) is 0 Å². The van der Waals surface area contributed by atoms with E-state index in [0.29, 0.717) is 11.1 Å². The summed E-state index contributed by atoms with van der Waals surface area (Å²) >= 11 is 0. The van der Waals surface area contributed by atoms with Gasteiger partial charge in [-0.1, -0.05) is 60.7 Å². The van der Waals surface area contributed by atoms with E-state index in [-0.39, 0.29) is 0 Å². The molecule has 0 amide bonds. The van der Waals surface area contributed by atoms with Gasteiger partial charge in [-0.3, -0.25) is 0 Å². The van der Waals surface area contributed by atoms with Crippen molar-refractivity contribution >= 4 is 34.1 Å². The first-order chi connectivity index (χ1) is 22.3. The van der Waals surface area contributed by atoms with Crippen molar-refractivity contribution < 1.29 is 0 Å². The highest BCUT2D eigenvalue weighted by Crippen LogP contribution is 2.41. The normalized spacial score (nSPS) is 10.6. The van der Waals surface area contributed by atoms with Gasteiger partial charge >= 0.3 is 0 Å². The van der Waals surface area contributed by atoms with Gasteiger partial charge in [-0.05, 0) is 123 Å². The first-order valence-corrected chi connectivity index (χ1v) is 15.3. The highest BCUT2D eigenvalue weighted by Gasteiger charge is 2.19. The Balaban J connectivity index is 1.46. The van der Waals surface area contributed by atoms with Crippen LogP contribution in [-0.4, -0.2) is 0 Å². The van der Waals surface area contributed by atoms with Crippen molar-refractivity contribution in [1.82, 2.24) is 0 Å². The van der Waals surface area contributed by atoms with Gasteiger partial charge in [0.2, 0.25) is 0 Å². The first-order valence-electron chi connectivity index (χ1n) is 15.3. The Morgan fingerprint density at radius 3 is 0.913 bits per heavy atom. The van der Waals surface area contributed by atoms with E-state index in [1.807, 2.05) is 60.7 Å². The van der Waals surface area contributed by atoms with Crippen molar-refractivity contribution in [3.8, 4) is 23.3 Å². The van der Waals surface area contributed by atoms with Crippen molar-refractivity contribution in [2.45, 2.75) is 27.7 Å². The average Bonchev–Trinajstić information content (AvgIpc) is 3.05. The molecule has 0 aliphatic rings. The molecule has 4 nitrogen and oxygen atoms in total. The summed E-state index contributed by atoms with van der Waals surface area (Å²) in [6.45, 7) is 8.31. The second-order valence-corrected chi connectivity index (χ2v) is 11.7. The third-order valence-corrected chi connectivity index (χ3v) is 8.09. The molecule has 6 aromatic carbocycles. The molecule has 4 heteroatoms. The fourth-order valence-corrected chi connectivity index (χ4v) is 5.96. The number of hydrogen-bond acceptors (Lipinski definition) is 4. The van der Waals surface area contributed by atoms with Crippen LogP contribution < -0.4 is 9.80 Å². The fourth-order valence-electron chi connectivity index (χ4n) is 5.96. The molecule has 0 saturated carbocycles. The molecule has 0 fully saturated rings. The van der Waals surface area contributed by atoms with Gasteiger partial charge in [-0.2, -0.15) is 10.5 Å². The van der Waals surface area contributed by atoms with E-state index in [2.05, 4.69) is 122 Å². The van der Waals surface area contributed by atoms with E-state index >= 15 is 0 Å². The van der Waals surface area contributed by atoms with E-state index < -0.39 is 0 Å². The summed E-state index contributed by atoms with van der Waals surface area (Å²) in [4.78, 5) is 4.33. The molecule has 222 valence electrons. The predicted molar refractivity (Wildman–Crippen MR) is 190 cm³/mol. The Morgan fingerprint density at radius 2 is 0.652 bits per heavy atom. The lowest BCUT2D eigenvalue weighted by molar-refractivity contribution is 1.25. The third-order valence-electron chi connectivity index (χ3n) is 8.09. The molecule has 46 heavy (non-hydrogen) atoms. The summed E-state index contributed by atoms with van der Waals surface area (Å²) in [6, 6.07) is 50.0. The molecule has 6 aromatic rings. The van der Waals surface area contributed by atoms with E-state index in [9.17, 15) is 10.5 Å². The molecule has 0 N–H and O–H groups in total. The molecular weight excluding hydrogens is 560 g/mol. The molecule has 0 spiro atoms. The van der Waals surface area contributed by atoms with Crippen LogP contribution in [0.25, 0.3) is 11.1 Å². The zero-order valence-electron chi connectivity index (χ0n) is 26.5. The zero-order valence-corrected chi connectivity index (χ0v) is 26.5. The van der Waals surface area contributed by atoms with Gasteiger partial charge in [0, 0.05) is 45.3 Å². The molecule has 0 aliphatic carbocycles. The lowest BCUT2D eigenvalue weighted by Crippen LogP contribution is -2.11. The van der Waals surface area contributed by atoms with Crippen LogP contribution in [0.5, 0.6) is 0 Å². The number of anilines is 6. The molecule has 0 unspecified atom stereocenters. The minimum absolute atomic E-state index is 0.501. The average molecular weight is 595 g/mol. The zero-order chi connectivity index (χ0) is 32.2. The van der Waals surface area contributed by atoms with Crippen LogP contribution in [-0.2, 0) is 0 Å². The Hall–Kier alpha value is -6.10. The van der Waals surface area contributed by atoms with Gasteiger partial charge in [0.15, 0.2) is 0 Å². The molecule has 0 aromatic heterocycles. The summed E-state index contributed by atoms with van der Waals surface area (Å²) in [5, 5.41) is 20.8. The quantitative estimate of drug-likeness (QED) is 0.184. The number of nitrogens with zero attached hydrogens (tertiary/aromatic N) is 4. The molecule has 0 radical (unpaired) electrons. The molecular formula is C42H34N4. The minimum Gasteiger partial charge on any atom is -0.310 e. The third kappa shape index (κ3) is 6.11. The number of aryl methyl sites for hydroxylation is 4. The maximum absolute atomic E-state index is 10.4. The molecule has 6 rings (SSSR count). The fraction of sp³-hybridized carbons (Fsp3) is 0.0952. The van der Waals surface area contributed by atoms with Crippen LogP contribution in [0.2, 0.25) is 0 Å². The monoisotopic (exact) mass is 594 g/mol. The highest BCUT2D eigenvalue weighted by atomic mass is 15.1. The molecule has 0 saturated heterocycles. The van der Waals surface area contributed by atoms with Crippen molar-refractivity contribution in [1.29, 1.82) is 10.5 Å². The Labute approximate surface area is 271 Å². The van der Waals surface area contributed by atoms with Crippen LogP contribution in [0.3, 0.4) is 0 Å². The summed E-state index contributed by atoms with van der Waals surface area (Å²) in [5.74, 6) is 0. The lowest BCUT2D eigenvalue weighted by atomic mass is 9.94. The minimum atomic E-state index is 0.501. The summed E-state index contributed by atoms with van der Waals surface area (Å²) in [7, 11) is 0. The van der Waals surface area contributed by atoms with Crippen molar-refractivity contribution in [2.24, 2.45) is 0 Å². The highest BCUT2D eigenvalue weighted by molar-refractivity contribution is 5.85. The SMILES string of the molecule is Cc1cccc(N(c2cccc(C)c2)c2ccc(-c3ccc(N(c4cccc(C)c4)c4cccc(C)c4)cc3C#N)c(C#N)c2)c1. The topological polar surface area (TPSA) is 54.1 Å². The van der Waals surface area contributed by atoms with Crippen LogP contribution >= 0.6 is 0 Å². The smallest absolute Gasteiger partial charge is 0.0998 e. The second-order valence-electron chi connectivity index (χ2n) is 11.7. The van der Waals surface area contributed by atoms with Crippen LogP contribution in [0.1, 0.15) is 33.4 Å². The van der Waals surface area contributed by atoms with Crippen LogP contribution in [0.15, 0.2) is 133 Å². The van der Waals surface area contributed by atoms with E-state index in [1.165, 1.54) is 0 Å². The summed E-state index contributed by atoms with van der Waals surface area (Å²) in [5.41, 5.74) is 12.8. The first kappa shape index (κ1) is 29.9. The van der Waals surface area contributed by atoms with Crippen molar-refractivity contribution in [3.63, 3.8) is 0 Å². The van der Waals surface area contributed by atoms with Crippen molar-refractivity contribution in [2.75, 3.05) is 9.80 Å². The predicted octanol–water partition coefficient (Wildman–Crippen LogP) is 11.3. The number of rotatable bonds is 7. The molecule has 0 atom stereocenters. The van der Waals surface area contributed by atoms with E-state index in [0.717, 1.165) is 67.5 Å². The molecule has 0 aliphatic heterocycles. The van der Waals surface area contributed by atoms with Gasteiger partial charge in [0.1, 0.15) is 0 Å². The number of hydrogen-bond donors (Lipinski definition) is 0. The standard InChI is InChI=1S/C42H34N4/c1-29-9-5-13-35(21-29)45(36-14-6-10-30(2)22-36)39-17-19-41(33(25-39)27-43)42-20-18-40(26-34(42)28-44)46(37-15-7-11-31(3)23-37)38-16-8-12-32(4)24-38/h5-26H,1-4H3. The summed E-state index contributed by atoms with van der Waals surface area (Å²) < 4.78 is 0. The second kappa shape index (κ2) is 12.9. The maximum atomic E-state index is 10.4.